The normalized spacial score (nSPS) is 10.6. The highest BCUT2D eigenvalue weighted by atomic mass is 16.3. The molecule has 2 N–H and O–H groups in total. The zero-order chi connectivity index (χ0) is 17.9. The highest BCUT2D eigenvalue weighted by molar-refractivity contribution is 5.92. The van der Waals surface area contributed by atoms with Gasteiger partial charge in [0.2, 0.25) is 0 Å². The summed E-state index contributed by atoms with van der Waals surface area (Å²) < 4.78 is 0. The fourth-order valence-corrected chi connectivity index (χ4v) is 3.27. The van der Waals surface area contributed by atoms with Gasteiger partial charge < -0.3 is 10.2 Å². The quantitative estimate of drug-likeness (QED) is 0.474. The molecule has 0 atom stereocenters. The third kappa shape index (κ3) is 3.05. The first kappa shape index (κ1) is 16.0. The molecule has 0 amide bonds. The molecule has 0 bridgehead atoms. The fraction of sp³-hybridized carbons (Fsp3) is 0. The van der Waals surface area contributed by atoms with Crippen molar-refractivity contribution >= 4 is 0 Å². The van der Waals surface area contributed by atoms with Crippen LogP contribution in [0.2, 0.25) is 0 Å². The lowest BCUT2D eigenvalue weighted by atomic mass is 9.89. The van der Waals surface area contributed by atoms with Gasteiger partial charge >= 0.3 is 0 Å². The maximum atomic E-state index is 10.0. The molecule has 0 saturated heterocycles. The third-order valence-electron chi connectivity index (χ3n) is 4.46. The Morgan fingerprint density at radius 1 is 0.385 bits per heavy atom. The van der Waals surface area contributed by atoms with Crippen LogP contribution in [0.1, 0.15) is 0 Å². The van der Waals surface area contributed by atoms with Crippen LogP contribution in [0, 0.1) is 0 Å². The minimum atomic E-state index is 0.198. The van der Waals surface area contributed by atoms with Crippen LogP contribution in [0.4, 0.5) is 0 Å². The monoisotopic (exact) mass is 338 g/mol. The van der Waals surface area contributed by atoms with Crippen LogP contribution in [0.25, 0.3) is 33.4 Å². The Balaban J connectivity index is 1.96. The number of phenolic OH excluding ortho intramolecular Hbond substituents is 2. The molecule has 126 valence electrons. The van der Waals surface area contributed by atoms with Crippen molar-refractivity contribution in [3.63, 3.8) is 0 Å². The van der Waals surface area contributed by atoms with Crippen LogP contribution in [0.5, 0.6) is 11.5 Å². The van der Waals surface area contributed by atoms with Gasteiger partial charge in [-0.2, -0.15) is 0 Å². The summed E-state index contributed by atoms with van der Waals surface area (Å²) in [6, 6.07) is 30.9. The maximum absolute atomic E-state index is 10.0. The van der Waals surface area contributed by atoms with Crippen LogP contribution >= 0.6 is 0 Å². The van der Waals surface area contributed by atoms with Crippen molar-refractivity contribution < 1.29 is 10.2 Å². The number of aromatic hydroxyl groups is 2. The van der Waals surface area contributed by atoms with E-state index in [1.165, 1.54) is 0 Å². The molecular weight excluding hydrogens is 320 g/mol. The van der Waals surface area contributed by atoms with Gasteiger partial charge in [-0.1, -0.05) is 72.8 Å². The van der Waals surface area contributed by atoms with E-state index in [1.54, 1.807) is 24.3 Å². The van der Waals surface area contributed by atoms with Crippen molar-refractivity contribution in [3.05, 3.63) is 97.1 Å². The second-order valence-electron chi connectivity index (χ2n) is 6.19. The predicted molar refractivity (Wildman–Crippen MR) is 106 cm³/mol. The largest absolute Gasteiger partial charge is 0.508 e. The molecule has 0 spiro atoms. The van der Waals surface area contributed by atoms with Crippen LogP contribution in [-0.2, 0) is 0 Å². The molecule has 0 radical (unpaired) electrons. The Bertz CT molecular complexity index is 1050. The Morgan fingerprint density at radius 2 is 1.00 bits per heavy atom. The fourth-order valence-electron chi connectivity index (χ4n) is 3.27. The standard InChI is InChI=1S/C24H18O2/c25-19-10-6-9-18(15-19)24-16-20(26)13-14-23(24)22-12-5-4-11-21(22)17-7-2-1-3-8-17/h1-16,25-26H. The Labute approximate surface area is 152 Å². The van der Waals surface area contributed by atoms with Gasteiger partial charge in [0.05, 0.1) is 0 Å². The maximum Gasteiger partial charge on any atom is 0.116 e. The molecule has 0 aliphatic carbocycles. The van der Waals surface area contributed by atoms with E-state index >= 15 is 0 Å². The molecule has 2 nitrogen and oxygen atoms in total. The Kier molecular flexibility index (Phi) is 4.16. The third-order valence-corrected chi connectivity index (χ3v) is 4.46. The topological polar surface area (TPSA) is 40.5 Å². The first-order valence-corrected chi connectivity index (χ1v) is 8.49. The molecule has 4 rings (SSSR count). The highest BCUT2D eigenvalue weighted by Gasteiger charge is 2.13. The van der Waals surface area contributed by atoms with Crippen molar-refractivity contribution in [3.8, 4) is 44.9 Å². The molecule has 0 heterocycles. The summed E-state index contributed by atoms with van der Waals surface area (Å²) >= 11 is 0. The minimum Gasteiger partial charge on any atom is -0.508 e. The van der Waals surface area contributed by atoms with Gasteiger partial charge in [-0.15, -0.1) is 0 Å². The van der Waals surface area contributed by atoms with Crippen LogP contribution in [0.15, 0.2) is 97.1 Å². The second kappa shape index (κ2) is 6.77. The zero-order valence-electron chi connectivity index (χ0n) is 14.1. The second-order valence-corrected chi connectivity index (χ2v) is 6.19. The summed E-state index contributed by atoms with van der Waals surface area (Å²) in [7, 11) is 0. The van der Waals surface area contributed by atoms with Gasteiger partial charge in [-0.3, -0.25) is 0 Å². The lowest BCUT2D eigenvalue weighted by Gasteiger charge is -2.15. The summed E-state index contributed by atoms with van der Waals surface area (Å²) in [6.07, 6.45) is 0. The number of benzene rings is 4. The van der Waals surface area contributed by atoms with Gasteiger partial charge in [0.15, 0.2) is 0 Å². The van der Waals surface area contributed by atoms with Crippen LogP contribution in [0.3, 0.4) is 0 Å². The number of hydrogen-bond acceptors (Lipinski definition) is 2. The van der Waals surface area contributed by atoms with Gasteiger partial charge in [-0.25, -0.2) is 0 Å². The highest BCUT2D eigenvalue weighted by Crippen LogP contribution is 2.40. The van der Waals surface area contributed by atoms with E-state index in [2.05, 4.69) is 24.3 Å². The van der Waals surface area contributed by atoms with Crippen molar-refractivity contribution in [2.75, 3.05) is 0 Å². The molecular formula is C24H18O2. The molecule has 0 aliphatic rings. The van der Waals surface area contributed by atoms with Gasteiger partial charge in [0, 0.05) is 0 Å². The van der Waals surface area contributed by atoms with E-state index < -0.39 is 0 Å². The van der Waals surface area contributed by atoms with Gasteiger partial charge in [0.25, 0.3) is 0 Å². The number of rotatable bonds is 3. The van der Waals surface area contributed by atoms with Crippen molar-refractivity contribution in [2.45, 2.75) is 0 Å². The summed E-state index contributed by atoms with van der Waals surface area (Å²) in [5.41, 5.74) is 6.09. The molecule has 2 heteroatoms. The molecule has 26 heavy (non-hydrogen) atoms. The van der Waals surface area contributed by atoms with E-state index in [4.69, 9.17) is 0 Å². The van der Waals surface area contributed by atoms with Crippen LogP contribution < -0.4 is 0 Å². The molecule has 0 fully saturated rings. The number of phenols is 2. The molecule has 4 aromatic rings. The zero-order valence-corrected chi connectivity index (χ0v) is 14.1. The van der Waals surface area contributed by atoms with Crippen LogP contribution in [-0.4, -0.2) is 10.2 Å². The van der Waals surface area contributed by atoms with E-state index in [1.807, 2.05) is 48.5 Å². The molecule has 0 aliphatic heterocycles. The van der Waals surface area contributed by atoms with Crippen molar-refractivity contribution in [1.29, 1.82) is 0 Å². The van der Waals surface area contributed by atoms with Gasteiger partial charge in [0.1, 0.15) is 11.5 Å². The SMILES string of the molecule is Oc1cccc(-c2cc(O)ccc2-c2ccccc2-c2ccccc2)c1. The van der Waals surface area contributed by atoms with E-state index in [0.717, 1.165) is 33.4 Å². The van der Waals surface area contributed by atoms with E-state index in [9.17, 15) is 10.2 Å². The summed E-state index contributed by atoms with van der Waals surface area (Å²) in [5.74, 6) is 0.400. The van der Waals surface area contributed by atoms with E-state index in [-0.39, 0.29) is 11.5 Å². The van der Waals surface area contributed by atoms with Crippen molar-refractivity contribution in [1.82, 2.24) is 0 Å². The number of hydrogen-bond donors (Lipinski definition) is 2. The molecule has 0 saturated carbocycles. The minimum absolute atomic E-state index is 0.198. The lowest BCUT2D eigenvalue weighted by Crippen LogP contribution is -1.89. The summed E-state index contributed by atoms with van der Waals surface area (Å²) in [6.45, 7) is 0. The lowest BCUT2D eigenvalue weighted by molar-refractivity contribution is 0.474. The average molecular weight is 338 g/mol. The van der Waals surface area contributed by atoms with E-state index in [0.29, 0.717) is 0 Å². The molecule has 4 aromatic carbocycles. The predicted octanol–water partition coefficient (Wildman–Crippen LogP) is 6.10. The average Bonchev–Trinajstić information content (AvgIpc) is 2.69. The molecule has 0 unspecified atom stereocenters. The van der Waals surface area contributed by atoms with Crippen molar-refractivity contribution in [2.24, 2.45) is 0 Å². The smallest absolute Gasteiger partial charge is 0.116 e. The molecule has 0 aromatic heterocycles. The summed E-state index contributed by atoms with van der Waals surface area (Å²) in [5, 5.41) is 19.9. The first-order chi connectivity index (χ1) is 12.7. The van der Waals surface area contributed by atoms with Gasteiger partial charge in [-0.05, 0) is 57.6 Å². The Hall–Kier alpha value is -3.52. The summed E-state index contributed by atoms with van der Waals surface area (Å²) in [4.78, 5) is 0. The first-order valence-electron chi connectivity index (χ1n) is 8.49. The Morgan fingerprint density at radius 3 is 1.77 bits per heavy atom.